The first kappa shape index (κ1) is 40.5. The standard InChI is InChI=1S/C63H51N3O2/c1-33(2)37-11-17-56-47(23-37)48-24-38(34(3)4)12-18-57(48)65(56)45-15-9-41-27-51-53-31-54-52-28-42-10-16-46(22-44(42)30-61(52)68-63(54)55(32-64)62(53)67-60(51)29-43(41)21-45)66-58-19-13-39(35(5)6)25-49(58)50-26-40(36(7)8)14-20-59(50)66/h9-31,33-36H,1-8H3. The van der Waals surface area contributed by atoms with Gasteiger partial charge in [-0.3, -0.25) is 0 Å². The molecular formula is C63H51N3O2. The Morgan fingerprint density at radius 3 is 1.03 bits per heavy atom. The second kappa shape index (κ2) is 14.6. The van der Waals surface area contributed by atoms with E-state index in [1.54, 1.807) is 0 Å². The zero-order valence-electron chi connectivity index (χ0n) is 39.7. The minimum absolute atomic E-state index is 0.415. The summed E-state index contributed by atoms with van der Waals surface area (Å²) in [6.07, 6.45) is 0. The summed E-state index contributed by atoms with van der Waals surface area (Å²) in [6.45, 7) is 18.1. The maximum absolute atomic E-state index is 10.8. The van der Waals surface area contributed by atoms with Gasteiger partial charge in [-0.25, -0.2) is 0 Å². The molecule has 0 aliphatic rings. The molecular weight excluding hydrogens is 831 g/mol. The van der Waals surface area contributed by atoms with E-state index in [1.807, 2.05) is 0 Å². The molecule has 9 aromatic carbocycles. The van der Waals surface area contributed by atoms with Crippen molar-refractivity contribution in [3.05, 3.63) is 167 Å². The van der Waals surface area contributed by atoms with Gasteiger partial charge in [-0.05, 0) is 171 Å². The van der Waals surface area contributed by atoms with Crippen molar-refractivity contribution < 1.29 is 8.83 Å². The molecule has 13 rings (SSSR count). The molecule has 68 heavy (non-hydrogen) atoms. The molecule has 330 valence electrons. The van der Waals surface area contributed by atoms with Crippen LogP contribution in [0.5, 0.6) is 0 Å². The van der Waals surface area contributed by atoms with Crippen molar-refractivity contribution in [3.8, 4) is 17.4 Å². The van der Waals surface area contributed by atoms with E-state index in [-0.39, 0.29) is 0 Å². The molecule has 0 saturated heterocycles. The van der Waals surface area contributed by atoms with Crippen LogP contribution in [0.1, 0.15) is 107 Å². The molecule has 5 heteroatoms. The van der Waals surface area contributed by atoms with Crippen LogP contribution in [0.15, 0.2) is 148 Å². The lowest BCUT2D eigenvalue weighted by atomic mass is 9.98. The zero-order valence-corrected chi connectivity index (χ0v) is 39.7. The topological polar surface area (TPSA) is 59.9 Å². The summed E-state index contributed by atoms with van der Waals surface area (Å²) < 4.78 is 18.2. The van der Waals surface area contributed by atoms with Crippen molar-refractivity contribution in [2.75, 3.05) is 0 Å². The van der Waals surface area contributed by atoms with Crippen molar-refractivity contribution in [1.29, 1.82) is 5.26 Å². The third-order valence-electron chi connectivity index (χ3n) is 15.0. The number of nitriles is 1. The number of fused-ring (bicyclic) bond motifs is 14. The molecule has 0 amide bonds. The lowest BCUT2D eigenvalue weighted by Crippen LogP contribution is -1.95. The van der Waals surface area contributed by atoms with Crippen LogP contribution in [0, 0.1) is 11.3 Å². The van der Waals surface area contributed by atoms with Gasteiger partial charge in [0, 0.05) is 54.5 Å². The van der Waals surface area contributed by atoms with E-state index in [4.69, 9.17) is 8.83 Å². The average molecular weight is 882 g/mol. The molecule has 13 aromatic rings. The maximum Gasteiger partial charge on any atom is 0.157 e. The number of hydrogen-bond acceptors (Lipinski definition) is 3. The lowest BCUT2D eigenvalue weighted by molar-refractivity contribution is 0.654. The Labute approximate surface area is 394 Å². The molecule has 0 aliphatic heterocycles. The number of aromatic nitrogens is 2. The molecule has 4 aromatic heterocycles. The summed E-state index contributed by atoms with van der Waals surface area (Å²) in [4.78, 5) is 0. The Hall–Kier alpha value is -7.81. The second-order valence-corrected chi connectivity index (χ2v) is 20.5. The number of benzene rings is 9. The molecule has 0 bridgehead atoms. The maximum atomic E-state index is 10.8. The minimum atomic E-state index is 0.415. The highest BCUT2D eigenvalue weighted by Gasteiger charge is 2.23. The van der Waals surface area contributed by atoms with Crippen molar-refractivity contribution >= 4 is 109 Å². The first-order chi connectivity index (χ1) is 32.9. The predicted octanol–water partition coefficient (Wildman–Crippen LogP) is 18.4. The summed E-state index contributed by atoms with van der Waals surface area (Å²) in [5.41, 5.74) is 15.3. The SMILES string of the molecule is CC(C)c1ccc2c(c1)c1cc(C(C)C)ccc1n2-c1ccc2cc3c(cc2c1)oc1c(C#N)c2oc4cc5cc(-n6c7ccc(C(C)C)cc7c7cc(C(C)C)ccc76)ccc5cc4c2cc13. The van der Waals surface area contributed by atoms with Crippen LogP contribution in [0.4, 0.5) is 0 Å². The fourth-order valence-corrected chi connectivity index (χ4v) is 11.1. The number of furan rings is 2. The van der Waals surface area contributed by atoms with Crippen LogP contribution in [0.25, 0.3) is 120 Å². The van der Waals surface area contributed by atoms with Gasteiger partial charge < -0.3 is 18.0 Å². The molecule has 0 unspecified atom stereocenters. The quantitative estimate of drug-likeness (QED) is 0.167. The highest BCUT2D eigenvalue weighted by Crippen LogP contribution is 2.44. The third-order valence-corrected chi connectivity index (χ3v) is 15.0. The molecule has 5 nitrogen and oxygen atoms in total. The van der Waals surface area contributed by atoms with Crippen LogP contribution >= 0.6 is 0 Å². The Morgan fingerprint density at radius 1 is 0.353 bits per heavy atom. The highest BCUT2D eigenvalue weighted by molar-refractivity contribution is 6.21. The summed E-state index contributed by atoms with van der Waals surface area (Å²) >= 11 is 0. The molecule has 0 radical (unpaired) electrons. The van der Waals surface area contributed by atoms with Crippen LogP contribution in [0.3, 0.4) is 0 Å². The fourth-order valence-electron chi connectivity index (χ4n) is 11.1. The van der Waals surface area contributed by atoms with Gasteiger partial charge in [-0.1, -0.05) is 91.8 Å². The predicted molar refractivity (Wildman–Crippen MR) is 286 cm³/mol. The highest BCUT2D eigenvalue weighted by atomic mass is 16.3. The Balaban J connectivity index is 0.944. The normalized spacial score (nSPS) is 12.6. The Kier molecular flexibility index (Phi) is 8.68. The summed E-state index contributed by atoms with van der Waals surface area (Å²) in [6, 6.07) is 54.5. The summed E-state index contributed by atoms with van der Waals surface area (Å²) in [5.74, 6) is 1.75. The van der Waals surface area contributed by atoms with E-state index in [0.717, 1.165) is 65.6 Å². The van der Waals surface area contributed by atoms with Crippen LogP contribution in [0.2, 0.25) is 0 Å². The van der Waals surface area contributed by atoms with Gasteiger partial charge in [-0.15, -0.1) is 0 Å². The molecule has 0 saturated carbocycles. The summed E-state index contributed by atoms with van der Waals surface area (Å²) in [5, 5.41) is 24.0. The number of rotatable bonds is 6. The molecule has 0 N–H and O–H groups in total. The molecule has 0 aliphatic carbocycles. The number of hydrogen-bond donors (Lipinski definition) is 0. The van der Waals surface area contributed by atoms with Gasteiger partial charge in [-0.2, -0.15) is 5.26 Å². The average Bonchev–Trinajstić information content (AvgIpc) is 4.07. The Bertz CT molecular complexity index is 3950. The third kappa shape index (κ3) is 5.86. The van der Waals surface area contributed by atoms with E-state index in [0.29, 0.717) is 40.4 Å². The van der Waals surface area contributed by atoms with Crippen LogP contribution < -0.4 is 0 Å². The molecule has 0 fully saturated rings. The van der Waals surface area contributed by atoms with Gasteiger partial charge in [0.25, 0.3) is 0 Å². The lowest BCUT2D eigenvalue weighted by Gasteiger charge is -2.11. The van der Waals surface area contributed by atoms with E-state index < -0.39 is 0 Å². The van der Waals surface area contributed by atoms with Crippen LogP contribution in [-0.4, -0.2) is 9.13 Å². The van der Waals surface area contributed by atoms with E-state index in [1.165, 1.54) is 65.9 Å². The molecule has 0 atom stereocenters. The minimum Gasteiger partial charge on any atom is -0.454 e. The van der Waals surface area contributed by atoms with E-state index >= 15 is 0 Å². The first-order valence-corrected chi connectivity index (χ1v) is 24.2. The van der Waals surface area contributed by atoms with Crippen molar-refractivity contribution in [1.82, 2.24) is 9.13 Å². The van der Waals surface area contributed by atoms with Gasteiger partial charge in [0.1, 0.15) is 22.8 Å². The van der Waals surface area contributed by atoms with Crippen molar-refractivity contribution in [3.63, 3.8) is 0 Å². The van der Waals surface area contributed by atoms with E-state index in [9.17, 15) is 5.26 Å². The van der Waals surface area contributed by atoms with E-state index in [2.05, 4.69) is 210 Å². The van der Waals surface area contributed by atoms with Gasteiger partial charge in [0.15, 0.2) is 11.2 Å². The smallest absolute Gasteiger partial charge is 0.157 e. The monoisotopic (exact) mass is 881 g/mol. The Morgan fingerprint density at radius 2 is 0.706 bits per heavy atom. The van der Waals surface area contributed by atoms with Crippen LogP contribution in [-0.2, 0) is 0 Å². The molecule has 4 heterocycles. The molecule has 0 spiro atoms. The number of nitrogens with zero attached hydrogens (tertiary/aromatic N) is 3. The summed E-state index contributed by atoms with van der Waals surface area (Å²) in [7, 11) is 0. The van der Waals surface area contributed by atoms with Gasteiger partial charge in [0.2, 0.25) is 0 Å². The van der Waals surface area contributed by atoms with Gasteiger partial charge >= 0.3 is 0 Å². The largest absolute Gasteiger partial charge is 0.454 e. The van der Waals surface area contributed by atoms with Crippen molar-refractivity contribution in [2.24, 2.45) is 0 Å². The first-order valence-electron chi connectivity index (χ1n) is 24.2. The van der Waals surface area contributed by atoms with Gasteiger partial charge in [0.05, 0.1) is 22.1 Å². The zero-order chi connectivity index (χ0) is 46.4. The second-order valence-electron chi connectivity index (χ2n) is 20.5. The fraction of sp³-hybridized carbons (Fsp3) is 0.190. The van der Waals surface area contributed by atoms with Crippen molar-refractivity contribution in [2.45, 2.75) is 79.1 Å².